The maximum absolute atomic E-state index is 13.1. The number of benzene rings is 2. The SMILES string of the molecule is COC(=O)NN1CC(c2ccc(C(C)(C)C)cc2)N(CCc2ccc(OC)cc2)C1=O. The van der Waals surface area contributed by atoms with E-state index in [9.17, 15) is 9.59 Å². The van der Waals surface area contributed by atoms with Crippen molar-refractivity contribution in [2.24, 2.45) is 0 Å². The maximum Gasteiger partial charge on any atom is 0.425 e. The molecule has 0 aliphatic carbocycles. The first-order valence-electron chi connectivity index (χ1n) is 10.4. The van der Waals surface area contributed by atoms with Crippen LogP contribution in [-0.4, -0.2) is 49.3 Å². The van der Waals surface area contributed by atoms with E-state index in [1.165, 1.54) is 17.7 Å². The molecule has 1 N–H and O–H groups in total. The van der Waals surface area contributed by atoms with E-state index in [2.05, 4.69) is 55.2 Å². The molecule has 1 aliphatic rings. The predicted octanol–water partition coefficient (Wildman–Crippen LogP) is 4.29. The van der Waals surface area contributed by atoms with Crippen molar-refractivity contribution >= 4 is 12.1 Å². The van der Waals surface area contributed by atoms with Gasteiger partial charge in [0, 0.05) is 6.54 Å². The van der Waals surface area contributed by atoms with Gasteiger partial charge in [-0.1, -0.05) is 57.2 Å². The molecule has 1 heterocycles. The van der Waals surface area contributed by atoms with Crippen LogP contribution in [0.2, 0.25) is 0 Å². The first-order valence-corrected chi connectivity index (χ1v) is 10.4. The van der Waals surface area contributed by atoms with Gasteiger partial charge in [0.2, 0.25) is 0 Å². The van der Waals surface area contributed by atoms with E-state index >= 15 is 0 Å². The van der Waals surface area contributed by atoms with Crippen LogP contribution in [0.4, 0.5) is 9.59 Å². The third-order valence-electron chi connectivity index (χ3n) is 5.58. The molecule has 2 aromatic rings. The monoisotopic (exact) mass is 425 g/mol. The standard InChI is InChI=1S/C24H31N3O4/c1-24(2,3)19-10-8-18(9-11-19)21-16-27(25-22(28)31-5)23(29)26(21)15-14-17-6-12-20(30-4)13-7-17/h6-13,21H,14-16H2,1-5H3,(H,25,28). The highest BCUT2D eigenvalue weighted by Gasteiger charge is 2.39. The van der Waals surface area contributed by atoms with E-state index < -0.39 is 6.09 Å². The van der Waals surface area contributed by atoms with Crippen molar-refractivity contribution in [3.63, 3.8) is 0 Å². The lowest BCUT2D eigenvalue weighted by molar-refractivity contribution is 0.134. The number of carbonyl (C=O) groups excluding carboxylic acids is 2. The zero-order chi connectivity index (χ0) is 22.6. The summed E-state index contributed by atoms with van der Waals surface area (Å²) in [6, 6.07) is 15.8. The Balaban J connectivity index is 1.80. The fraction of sp³-hybridized carbons (Fsp3) is 0.417. The summed E-state index contributed by atoms with van der Waals surface area (Å²) in [7, 11) is 2.91. The molecule has 2 aromatic carbocycles. The largest absolute Gasteiger partial charge is 0.497 e. The number of hydrogen-bond donors (Lipinski definition) is 1. The van der Waals surface area contributed by atoms with Crippen LogP contribution in [0.3, 0.4) is 0 Å². The van der Waals surface area contributed by atoms with Crippen molar-refractivity contribution < 1.29 is 19.1 Å². The number of ether oxygens (including phenoxy) is 2. The lowest BCUT2D eigenvalue weighted by Gasteiger charge is -2.25. The highest BCUT2D eigenvalue weighted by atomic mass is 16.5. The van der Waals surface area contributed by atoms with Gasteiger partial charge >= 0.3 is 12.1 Å². The molecule has 3 rings (SSSR count). The lowest BCUT2D eigenvalue weighted by Crippen LogP contribution is -2.45. The third-order valence-corrected chi connectivity index (χ3v) is 5.58. The summed E-state index contributed by atoms with van der Waals surface area (Å²) in [5.74, 6) is 0.797. The van der Waals surface area contributed by atoms with E-state index in [1.54, 1.807) is 12.0 Å². The van der Waals surface area contributed by atoms with Gasteiger partial charge in [-0.15, -0.1) is 0 Å². The quantitative estimate of drug-likeness (QED) is 0.750. The Morgan fingerprint density at radius 1 is 1.06 bits per heavy atom. The number of methoxy groups -OCH3 is 2. The van der Waals surface area contributed by atoms with E-state index in [0.717, 1.165) is 16.9 Å². The first kappa shape index (κ1) is 22.5. The minimum absolute atomic E-state index is 0.0521. The molecular formula is C24H31N3O4. The molecule has 1 unspecified atom stereocenters. The summed E-state index contributed by atoms with van der Waals surface area (Å²) < 4.78 is 9.88. The number of amides is 3. The molecule has 7 nitrogen and oxygen atoms in total. The molecule has 7 heteroatoms. The highest BCUT2D eigenvalue weighted by molar-refractivity contribution is 5.80. The van der Waals surface area contributed by atoms with Gasteiger partial charge in [-0.25, -0.2) is 20.0 Å². The van der Waals surface area contributed by atoms with Crippen LogP contribution < -0.4 is 10.2 Å². The average Bonchev–Trinajstić information content (AvgIpc) is 3.07. The van der Waals surface area contributed by atoms with Crippen LogP contribution in [0.5, 0.6) is 5.75 Å². The average molecular weight is 426 g/mol. The van der Waals surface area contributed by atoms with Crippen molar-refractivity contribution in [3.8, 4) is 5.75 Å². The van der Waals surface area contributed by atoms with Gasteiger partial charge in [-0.3, -0.25) is 0 Å². The Bertz CT molecular complexity index is 904. The third kappa shape index (κ3) is 5.29. The van der Waals surface area contributed by atoms with Gasteiger partial charge in [0.25, 0.3) is 0 Å². The number of carbonyl (C=O) groups is 2. The summed E-state index contributed by atoms with van der Waals surface area (Å²) in [5.41, 5.74) is 5.94. The van der Waals surface area contributed by atoms with Crippen molar-refractivity contribution in [3.05, 3.63) is 65.2 Å². The molecule has 3 amide bonds. The summed E-state index contributed by atoms with van der Waals surface area (Å²) in [4.78, 5) is 26.5. The number of rotatable bonds is 6. The molecule has 1 saturated heterocycles. The second-order valence-electron chi connectivity index (χ2n) is 8.68. The first-order chi connectivity index (χ1) is 14.7. The Morgan fingerprint density at radius 3 is 2.26 bits per heavy atom. The number of hydrogen-bond acceptors (Lipinski definition) is 4. The number of nitrogens with one attached hydrogen (secondary N) is 1. The van der Waals surface area contributed by atoms with Crippen LogP contribution in [-0.2, 0) is 16.6 Å². The summed E-state index contributed by atoms with van der Waals surface area (Å²) in [6.45, 7) is 7.39. The van der Waals surface area contributed by atoms with Crippen molar-refractivity contribution in [1.82, 2.24) is 15.3 Å². The van der Waals surface area contributed by atoms with Gasteiger partial charge in [-0.2, -0.15) is 0 Å². The van der Waals surface area contributed by atoms with Gasteiger partial charge in [0.1, 0.15) is 5.75 Å². The predicted molar refractivity (Wildman–Crippen MR) is 119 cm³/mol. The molecule has 1 atom stereocenters. The summed E-state index contributed by atoms with van der Waals surface area (Å²) in [6.07, 6.45) is 0.0328. The molecule has 166 valence electrons. The van der Waals surface area contributed by atoms with Crippen molar-refractivity contribution in [1.29, 1.82) is 0 Å². The Hall–Kier alpha value is -3.22. The second kappa shape index (κ2) is 9.29. The molecule has 1 fully saturated rings. The molecule has 0 spiro atoms. The van der Waals surface area contributed by atoms with Crippen LogP contribution in [0.1, 0.15) is 43.5 Å². The van der Waals surface area contributed by atoms with Gasteiger partial charge in [0.05, 0.1) is 26.8 Å². The molecule has 0 bridgehead atoms. The molecular weight excluding hydrogens is 394 g/mol. The zero-order valence-electron chi connectivity index (χ0n) is 18.8. The maximum atomic E-state index is 13.1. The molecule has 31 heavy (non-hydrogen) atoms. The summed E-state index contributed by atoms with van der Waals surface area (Å²) in [5, 5.41) is 1.32. The highest BCUT2D eigenvalue weighted by Crippen LogP contribution is 2.31. The molecule has 0 radical (unpaired) electrons. The van der Waals surface area contributed by atoms with Crippen LogP contribution in [0.15, 0.2) is 48.5 Å². The van der Waals surface area contributed by atoms with Crippen LogP contribution >= 0.6 is 0 Å². The number of urea groups is 1. The van der Waals surface area contributed by atoms with Gasteiger partial charge in [-0.05, 0) is 40.7 Å². The van der Waals surface area contributed by atoms with E-state index in [-0.39, 0.29) is 17.5 Å². The van der Waals surface area contributed by atoms with Crippen molar-refractivity contribution in [2.45, 2.75) is 38.6 Å². The smallest absolute Gasteiger partial charge is 0.425 e. The van der Waals surface area contributed by atoms with Gasteiger partial charge < -0.3 is 14.4 Å². The van der Waals surface area contributed by atoms with Crippen LogP contribution in [0, 0.1) is 0 Å². The number of nitrogens with zero attached hydrogens (tertiary/aromatic N) is 2. The summed E-state index contributed by atoms with van der Waals surface area (Å²) >= 11 is 0. The van der Waals surface area contributed by atoms with Crippen molar-refractivity contribution in [2.75, 3.05) is 27.3 Å². The van der Waals surface area contributed by atoms with E-state index in [4.69, 9.17) is 4.74 Å². The minimum Gasteiger partial charge on any atom is -0.497 e. The van der Waals surface area contributed by atoms with Gasteiger partial charge in [0.15, 0.2) is 0 Å². The fourth-order valence-electron chi connectivity index (χ4n) is 3.67. The Labute approximate surface area is 183 Å². The van der Waals surface area contributed by atoms with E-state index in [1.807, 2.05) is 24.3 Å². The normalized spacial score (nSPS) is 16.4. The number of hydrazine groups is 1. The lowest BCUT2D eigenvalue weighted by atomic mass is 9.86. The second-order valence-corrected chi connectivity index (χ2v) is 8.68. The Morgan fingerprint density at radius 2 is 1.71 bits per heavy atom. The zero-order valence-corrected chi connectivity index (χ0v) is 18.8. The molecule has 0 saturated carbocycles. The fourth-order valence-corrected chi connectivity index (χ4v) is 3.67. The topological polar surface area (TPSA) is 71.1 Å². The Kier molecular flexibility index (Phi) is 6.73. The van der Waals surface area contributed by atoms with Crippen LogP contribution in [0.25, 0.3) is 0 Å². The molecule has 1 aliphatic heterocycles. The van der Waals surface area contributed by atoms with E-state index in [0.29, 0.717) is 19.5 Å². The molecule has 0 aromatic heterocycles. The minimum atomic E-state index is -0.660.